The fourth-order valence-electron chi connectivity index (χ4n) is 3.26. The molecule has 0 aliphatic carbocycles. The monoisotopic (exact) mass is 417 g/mol. The third-order valence-electron chi connectivity index (χ3n) is 4.96. The van der Waals surface area contributed by atoms with Crippen molar-refractivity contribution in [2.24, 2.45) is 0 Å². The topological polar surface area (TPSA) is 35.6 Å². The number of rotatable bonds is 6. The molecule has 3 rings (SSSR count). The molecule has 0 radical (unpaired) electrons. The molecule has 1 fully saturated rings. The highest BCUT2D eigenvalue weighted by Gasteiger charge is 2.20. The number of amides is 1. The Morgan fingerprint density at radius 1 is 1.04 bits per heavy atom. The van der Waals surface area contributed by atoms with Crippen molar-refractivity contribution in [3.63, 3.8) is 0 Å². The minimum atomic E-state index is -0.168. The average Bonchev–Trinajstić information content (AvgIpc) is 2.69. The molecule has 0 saturated carbocycles. The molecule has 2 aromatic rings. The number of halogens is 2. The van der Waals surface area contributed by atoms with E-state index in [-0.39, 0.29) is 11.9 Å². The summed E-state index contributed by atoms with van der Waals surface area (Å²) >= 11 is 12.4. The van der Waals surface area contributed by atoms with Gasteiger partial charge in [-0.05, 0) is 30.8 Å². The molecule has 2 aromatic carbocycles. The molecule has 0 spiro atoms. The molecule has 6 heteroatoms. The lowest BCUT2D eigenvalue weighted by Gasteiger charge is -2.34. The van der Waals surface area contributed by atoms with E-state index >= 15 is 0 Å². The molecule has 1 heterocycles. The Bertz CT molecular complexity index is 798. The van der Waals surface area contributed by atoms with Gasteiger partial charge in [0, 0.05) is 54.4 Å². The van der Waals surface area contributed by atoms with Crippen LogP contribution in [-0.4, -0.2) is 55.5 Å². The number of nitrogens with one attached hydrogen (secondary N) is 1. The van der Waals surface area contributed by atoms with Gasteiger partial charge in [0.05, 0.1) is 6.04 Å². The average molecular weight is 418 g/mol. The van der Waals surface area contributed by atoms with Crippen molar-refractivity contribution >= 4 is 35.2 Å². The smallest absolute Gasteiger partial charge is 0.244 e. The van der Waals surface area contributed by atoms with Gasteiger partial charge in [-0.15, -0.1) is 0 Å². The fraction of sp³-hybridized carbons (Fsp3) is 0.318. The molecule has 1 atom stereocenters. The number of likely N-dealkylation sites (N-methyl/N-ethyl adjacent to an activating group) is 1. The molecule has 28 heavy (non-hydrogen) atoms. The molecule has 1 aliphatic heterocycles. The van der Waals surface area contributed by atoms with Gasteiger partial charge in [-0.1, -0.05) is 59.6 Å². The molecule has 1 saturated heterocycles. The fourth-order valence-corrected chi connectivity index (χ4v) is 3.78. The van der Waals surface area contributed by atoms with Gasteiger partial charge in [0.25, 0.3) is 0 Å². The third-order valence-corrected chi connectivity index (χ3v) is 5.62. The van der Waals surface area contributed by atoms with Crippen molar-refractivity contribution < 1.29 is 4.79 Å². The van der Waals surface area contributed by atoms with Crippen LogP contribution in [0.3, 0.4) is 0 Å². The number of hydrogen-bond donors (Lipinski definition) is 1. The van der Waals surface area contributed by atoms with Gasteiger partial charge in [-0.3, -0.25) is 9.69 Å². The Labute approximate surface area is 176 Å². The summed E-state index contributed by atoms with van der Waals surface area (Å²) in [5.74, 6) is -0.168. The van der Waals surface area contributed by atoms with Crippen LogP contribution in [-0.2, 0) is 4.79 Å². The molecular weight excluding hydrogens is 393 g/mol. The van der Waals surface area contributed by atoms with Gasteiger partial charge in [0.1, 0.15) is 0 Å². The van der Waals surface area contributed by atoms with E-state index in [1.807, 2.05) is 18.2 Å². The Balaban J connectivity index is 1.70. The first-order valence-electron chi connectivity index (χ1n) is 9.41. The Morgan fingerprint density at radius 2 is 1.68 bits per heavy atom. The summed E-state index contributed by atoms with van der Waals surface area (Å²) in [6.45, 7) is 4.87. The molecule has 148 valence electrons. The number of carbonyl (C=O) groups is 1. The normalized spacial score (nSPS) is 17.0. The molecule has 0 bridgehead atoms. The van der Waals surface area contributed by atoms with Gasteiger partial charge in [-0.25, -0.2) is 0 Å². The first-order chi connectivity index (χ1) is 13.5. The number of nitrogens with zero attached hydrogens (tertiary/aromatic N) is 2. The Hall–Kier alpha value is -1.85. The minimum Gasteiger partial charge on any atom is -0.344 e. The molecule has 4 nitrogen and oxygen atoms in total. The lowest BCUT2D eigenvalue weighted by molar-refractivity contribution is -0.117. The zero-order valence-electron chi connectivity index (χ0n) is 15.9. The van der Waals surface area contributed by atoms with E-state index in [1.165, 1.54) is 6.08 Å². The van der Waals surface area contributed by atoms with Crippen LogP contribution in [0.15, 0.2) is 54.6 Å². The molecular formula is C22H25Cl2N3O. The van der Waals surface area contributed by atoms with Gasteiger partial charge in [0.2, 0.25) is 5.91 Å². The third kappa shape index (κ3) is 5.82. The molecule has 0 aromatic heterocycles. The summed E-state index contributed by atoms with van der Waals surface area (Å²) in [4.78, 5) is 17.3. The van der Waals surface area contributed by atoms with Crippen LogP contribution < -0.4 is 5.32 Å². The van der Waals surface area contributed by atoms with Crippen molar-refractivity contribution in [1.82, 2.24) is 15.1 Å². The molecule has 1 aliphatic rings. The highest BCUT2D eigenvalue weighted by molar-refractivity contribution is 6.37. The van der Waals surface area contributed by atoms with E-state index in [4.69, 9.17) is 23.2 Å². The van der Waals surface area contributed by atoms with E-state index in [0.717, 1.165) is 38.3 Å². The van der Waals surface area contributed by atoms with Crippen molar-refractivity contribution in [2.45, 2.75) is 6.04 Å². The van der Waals surface area contributed by atoms with Crippen molar-refractivity contribution in [1.29, 1.82) is 0 Å². The second-order valence-corrected chi connectivity index (χ2v) is 7.86. The van der Waals surface area contributed by atoms with Crippen LogP contribution in [0.4, 0.5) is 0 Å². The van der Waals surface area contributed by atoms with Crippen LogP contribution in [0.25, 0.3) is 6.08 Å². The highest BCUT2D eigenvalue weighted by Crippen LogP contribution is 2.25. The maximum Gasteiger partial charge on any atom is 0.244 e. The Kier molecular flexibility index (Phi) is 7.51. The van der Waals surface area contributed by atoms with E-state index in [0.29, 0.717) is 15.6 Å². The summed E-state index contributed by atoms with van der Waals surface area (Å²) in [5, 5.41) is 4.18. The first kappa shape index (κ1) is 20.9. The van der Waals surface area contributed by atoms with Crippen LogP contribution >= 0.6 is 23.2 Å². The number of carbonyl (C=O) groups excluding carboxylic acids is 1. The van der Waals surface area contributed by atoms with Crippen LogP contribution in [0.5, 0.6) is 0 Å². The van der Waals surface area contributed by atoms with Gasteiger partial charge >= 0.3 is 0 Å². The number of piperazine rings is 1. The number of hydrogen-bond acceptors (Lipinski definition) is 3. The van der Waals surface area contributed by atoms with Crippen molar-refractivity contribution in [3.8, 4) is 0 Å². The second-order valence-electron chi connectivity index (χ2n) is 7.04. The first-order valence-corrected chi connectivity index (χ1v) is 10.2. The summed E-state index contributed by atoms with van der Waals surface area (Å²) in [6, 6.07) is 15.3. The maximum atomic E-state index is 12.6. The SMILES string of the molecule is CN1CCN(CC(NC(=O)/C=C/c2c(Cl)cccc2Cl)c2ccccc2)CC1. The van der Waals surface area contributed by atoms with Gasteiger partial charge < -0.3 is 10.2 Å². The van der Waals surface area contributed by atoms with Crippen molar-refractivity contribution in [2.75, 3.05) is 39.8 Å². The zero-order chi connectivity index (χ0) is 19.9. The van der Waals surface area contributed by atoms with Crippen molar-refractivity contribution in [3.05, 3.63) is 75.8 Å². The largest absolute Gasteiger partial charge is 0.344 e. The van der Waals surface area contributed by atoms with Crippen LogP contribution in [0.2, 0.25) is 10.0 Å². The lowest BCUT2D eigenvalue weighted by atomic mass is 10.1. The van der Waals surface area contributed by atoms with Crippen LogP contribution in [0, 0.1) is 0 Å². The zero-order valence-corrected chi connectivity index (χ0v) is 17.5. The lowest BCUT2D eigenvalue weighted by Crippen LogP contribution is -2.47. The molecule has 1 unspecified atom stereocenters. The quantitative estimate of drug-likeness (QED) is 0.718. The van der Waals surface area contributed by atoms with E-state index in [9.17, 15) is 4.79 Å². The standard InChI is InChI=1S/C22H25Cl2N3O/c1-26-12-14-27(15-13-26)16-21(17-6-3-2-4-7-17)25-22(28)11-10-18-19(23)8-5-9-20(18)24/h2-11,21H,12-16H2,1H3,(H,25,28)/b11-10+. The summed E-state index contributed by atoms with van der Waals surface area (Å²) in [7, 11) is 2.14. The van der Waals surface area contributed by atoms with E-state index in [1.54, 1.807) is 24.3 Å². The maximum absolute atomic E-state index is 12.6. The predicted octanol–water partition coefficient (Wildman–Crippen LogP) is 4.11. The molecule has 1 amide bonds. The Morgan fingerprint density at radius 3 is 2.32 bits per heavy atom. The minimum absolute atomic E-state index is 0.0801. The summed E-state index contributed by atoms with van der Waals surface area (Å²) in [6.07, 6.45) is 3.16. The van der Waals surface area contributed by atoms with Gasteiger partial charge in [-0.2, -0.15) is 0 Å². The number of benzene rings is 2. The predicted molar refractivity (Wildman–Crippen MR) is 117 cm³/mol. The second kappa shape index (κ2) is 10.1. The van der Waals surface area contributed by atoms with Gasteiger partial charge in [0.15, 0.2) is 0 Å². The highest BCUT2D eigenvalue weighted by atomic mass is 35.5. The molecule has 1 N–H and O–H groups in total. The van der Waals surface area contributed by atoms with E-state index in [2.05, 4.69) is 34.3 Å². The van der Waals surface area contributed by atoms with Crippen LogP contribution in [0.1, 0.15) is 17.2 Å². The summed E-state index contributed by atoms with van der Waals surface area (Å²) < 4.78 is 0. The summed E-state index contributed by atoms with van der Waals surface area (Å²) in [5.41, 5.74) is 1.75. The van der Waals surface area contributed by atoms with E-state index < -0.39 is 0 Å².